The van der Waals surface area contributed by atoms with Gasteiger partial charge < -0.3 is 19.0 Å². The molecule has 0 saturated carbocycles. The third-order valence-electron chi connectivity index (χ3n) is 5.33. The topological polar surface area (TPSA) is 92.6 Å². The second-order valence-electron chi connectivity index (χ2n) is 8.28. The zero-order valence-electron chi connectivity index (χ0n) is 21.0. The summed E-state index contributed by atoms with van der Waals surface area (Å²) in [7, 11) is -2.30. The molecule has 0 heterocycles. The Labute approximate surface area is 218 Å². The second kappa shape index (κ2) is 15.2. The molecule has 0 radical (unpaired) electrons. The van der Waals surface area contributed by atoms with E-state index in [1.165, 1.54) is 13.3 Å². The Kier molecular flexibility index (Phi) is 11.7. The van der Waals surface area contributed by atoms with Crippen LogP contribution in [0.2, 0.25) is 0 Å². The summed E-state index contributed by atoms with van der Waals surface area (Å²) in [5, 5.41) is 3.93. The SMILES string of the molecule is CO/N=C/[C@H](OCc1ccccc1)[C@@H](OCc1ccccc1)[C@H](COS(C)(=O)=O)OCc1ccccc1. The van der Waals surface area contributed by atoms with Crippen molar-refractivity contribution in [1.29, 1.82) is 0 Å². The van der Waals surface area contributed by atoms with Crippen molar-refractivity contribution >= 4 is 16.3 Å². The van der Waals surface area contributed by atoms with Crippen LogP contribution in [0.25, 0.3) is 0 Å². The van der Waals surface area contributed by atoms with Crippen LogP contribution in [0.5, 0.6) is 0 Å². The van der Waals surface area contributed by atoms with E-state index in [1.807, 2.05) is 91.0 Å². The molecule has 198 valence electrons. The minimum Gasteiger partial charge on any atom is -0.399 e. The Hall–Kier alpha value is -3.08. The second-order valence-corrected chi connectivity index (χ2v) is 9.93. The molecule has 0 aliphatic heterocycles. The van der Waals surface area contributed by atoms with Gasteiger partial charge >= 0.3 is 0 Å². The Morgan fingerprint density at radius 1 is 0.730 bits per heavy atom. The molecule has 0 fully saturated rings. The van der Waals surface area contributed by atoms with Crippen LogP contribution in [0.4, 0.5) is 0 Å². The molecule has 0 N–H and O–H groups in total. The maximum Gasteiger partial charge on any atom is 0.264 e. The van der Waals surface area contributed by atoms with Gasteiger partial charge in [0.05, 0.1) is 38.9 Å². The predicted octanol–water partition coefficient (Wildman–Crippen LogP) is 4.35. The van der Waals surface area contributed by atoms with E-state index in [0.717, 1.165) is 22.9 Å². The quantitative estimate of drug-likeness (QED) is 0.155. The fourth-order valence-corrected chi connectivity index (χ4v) is 3.88. The Morgan fingerprint density at radius 2 is 1.19 bits per heavy atom. The third-order valence-corrected chi connectivity index (χ3v) is 5.89. The number of nitrogens with zero attached hydrogens (tertiary/aromatic N) is 1. The minimum atomic E-state index is -3.74. The first-order valence-corrected chi connectivity index (χ1v) is 13.6. The lowest BCUT2D eigenvalue weighted by atomic mass is 10.1. The highest BCUT2D eigenvalue weighted by atomic mass is 32.2. The molecule has 0 aliphatic carbocycles. The average Bonchev–Trinajstić information content (AvgIpc) is 2.91. The average molecular weight is 528 g/mol. The van der Waals surface area contributed by atoms with Crippen molar-refractivity contribution in [2.75, 3.05) is 20.0 Å². The molecule has 3 rings (SSSR count). The molecule has 3 aromatic carbocycles. The van der Waals surface area contributed by atoms with Gasteiger partial charge in [-0.1, -0.05) is 96.2 Å². The summed E-state index contributed by atoms with van der Waals surface area (Å²) in [4.78, 5) is 4.93. The van der Waals surface area contributed by atoms with Gasteiger partial charge in [-0.25, -0.2) is 0 Å². The molecule has 0 aliphatic rings. The van der Waals surface area contributed by atoms with E-state index in [2.05, 4.69) is 5.16 Å². The summed E-state index contributed by atoms with van der Waals surface area (Å²) in [6.07, 6.45) is 0.137. The minimum absolute atomic E-state index is 0.219. The van der Waals surface area contributed by atoms with Crippen LogP contribution in [-0.4, -0.2) is 52.9 Å². The van der Waals surface area contributed by atoms with Crippen molar-refractivity contribution in [1.82, 2.24) is 0 Å². The van der Waals surface area contributed by atoms with Crippen molar-refractivity contribution in [3.8, 4) is 0 Å². The van der Waals surface area contributed by atoms with Gasteiger partial charge in [-0.05, 0) is 16.7 Å². The Balaban J connectivity index is 1.88. The molecule has 0 bridgehead atoms. The number of oxime groups is 1. The van der Waals surface area contributed by atoms with Crippen molar-refractivity contribution in [3.05, 3.63) is 108 Å². The smallest absolute Gasteiger partial charge is 0.264 e. The van der Waals surface area contributed by atoms with Gasteiger partial charge in [0.2, 0.25) is 0 Å². The Bertz CT molecular complexity index is 1160. The standard InChI is InChI=1S/C28H33NO7S/c1-32-29-18-26(33-19-23-12-6-3-7-13-23)28(35-21-25-16-10-5-11-17-25)27(22-36-37(2,30)31)34-20-24-14-8-4-9-15-24/h3-18,26-28H,19-22H2,1-2H3/b29-18+/t26-,27-,28+/m0/s1. The fourth-order valence-electron chi connectivity index (χ4n) is 3.50. The van der Waals surface area contributed by atoms with Crippen LogP contribution in [-0.2, 0) is 53.2 Å². The summed E-state index contributed by atoms with van der Waals surface area (Å²) >= 11 is 0. The third kappa shape index (κ3) is 10.8. The van der Waals surface area contributed by atoms with Crippen LogP contribution in [0.15, 0.2) is 96.2 Å². The summed E-state index contributed by atoms with van der Waals surface area (Å²) < 4.78 is 47.6. The fraction of sp³-hybridized carbons (Fsp3) is 0.321. The number of rotatable bonds is 16. The molecule has 3 atom stereocenters. The first kappa shape index (κ1) is 28.5. The lowest BCUT2D eigenvalue weighted by molar-refractivity contribution is -0.141. The molecular weight excluding hydrogens is 494 g/mol. The van der Waals surface area contributed by atoms with E-state index >= 15 is 0 Å². The maximum absolute atomic E-state index is 11.9. The zero-order chi connectivity index (χ0) is 26.3. The largest absolute Gasteiger partial charge is 0.399 e. The summed E-state index contributed by atoms with van der Waals surface area (Å²) in [5.74, 6) is 0. The van der Waals surface area contributed by atoms with E-state index in [-0.39, 0.29) is 26.4 Å². The van der Waals surface area contributed by atoms with Gasteiger partial charge in [-0.3, -0.25) is 4.18 Å². The van der Waals surface area contributed by atoms with Crippen molar-refractivity contribution in [2.45, 2.75) is 38.1 Å². The number of benzene rings is 3. The van der Waals surface area contributed by atoms with Crippen molar-refractivity contribution in [2.24, 2.45) is 5.16 Å². The first-order chi connectivity index (χ1) is 17.9. The number of hydrogen-bond donors (Lipinski definition) is 0. The highest BCUT2D eigenvalue weighted by Gasteiger charge is 2.33. The van der Waals surface area contributed by atoms with E-state index in [1.54, 1.807) is 0 Å². The van der Waals surface area contributed by atoms with Crippen LogP contribution in [0, 0.1) is 0 Å². The van der Waals surface area contributed by atoms with E-state index in [4.69, 9.17) is 23.2 Å². The number of ether oxygens (including phenoxy) is 3. The molecule has 37 heavy (non-hydrogen) atoms. The van der Waals surface area contributed by atoms with Gasteiger partial charge in [-0.15, -0.1) is 0 Å². The highest BCUT2D eigenvalue weighted by Crippen LogP contribution is 2.19. The molecule has 9 heteroatoms. The van der Waals surface area contributed by atoms with Crippen LogP contribution >= 0.6 is 0 Å². The van der Waals surface area contributed by atoms with E-state index in [0.29, 0.717) is 0 Å². The van der Waals surface area contributed by atoms with Gasteiger partial charge in [0, 0.05) is 0 Å². The monoisotopic (exact) mass is 527 g/mol. The molecule has 0 aromatic heterocycles. The van der Waals surface area contributed by atoms with Crippen LogP contribution in [0.3, 0.4) is 0 Å². The lowest BCUT2D eigenvalue weighted by Gasteiger charge is -2.31. The normalized spacial score (nSPS) is 14.3. The molecule has 0 saturated heterocycles. The maximum atomic E-state index is 11.9. The molecule has 3 aromatic rings. The molecule has 0 amide bonds. The van der Waals surface area contributed by atoms with Crippen LogP contribution in [0.1, 0.15) is 16.7 Å². The summed E-state index contributed by atoms with van der Waals surface area (Å²) in [5.41, 5.74) is 2.80. The highest BCUT2D eigenvalue weighted by molar-refractivity contribution is 7.85. The van der Waals surface area contributed by atoms with Crippen LogP contribution < -0.4 is 0 Å². The van der Waals surface area contributed by atoms with Gasteiger partial charge in [0.15, 0.2) is 0 Å². The molecule has 0 spiro atoms. The van der Waals surface area contributed by atoms with Gasteiger partial charge in [0.25, 0.3) is 10.1 Å². The van der Waals surface area contributed by atoms with E-state index in [9.17, 15) is 8.42 Å². The molecule has 8 nitrogen and oxygen atoms in total. The van der Waals surface area contributed by atoms with Gasteiger partial charge in [0.1, 0.15) is 25.4 Å². The Morgan fingerprint density at radius 3 is 1.65 bits per heavy atom. The predicted molar refractivity (Wildman–Crippen MR) is 141 cm³/mol. The lowest BCUT2D eigenvalue weighted by Crippen LogP contribution is -2.46. The molecule has 0 unspecified atom stereocenters. The number of hydrogen-bond acceptors (Lipinski definition) is 8. The van der Waals surface area contributed by atoms with Crippen molar-refractivity contribution in [3.63, 3.8) is 0 Å². The van der Waals surface area contributed by atoms with E-state index < -0.39 is 28.4 Å². The van der Waals surface area contributed by atoms with Crippen molar-refractivity contribution < 1.29 is 31.6 Å². The zero-order valence-corrected chi connectivity index (χ0v) is 21.8. The summed E-state index contributed by atoms with van der Waals surface area (Å²) in [6, 6.07) is 28.8. The molecular formula is C28H33NO7S. The first-order valence-electron chi connectivity index (χ1n) is 11.8. The summed E-state index contributed by atoms with van der Waals surface area (Å²) in [6.45, 7) is 0.459. The van der Waals surface area contributed by atoms with Gasteiger partial charge in [-0.2, -0.15) is 8.42 Å².